The summed E-state index contributed by atoms with van der Waals surface area (Å²) in [6.45, 7) is 3.86. The van der Waals surface area contributed by atoms with E-state index in [2.05, 4.69) is 21.3 Å². The summed E-state index contributed by atoms with van der Waals surface area (Å²) in [7, 11) is 0. The molecule has 3 aromatic rings. The second-order valence-corrected chi connectivity index (χ2v) is 5.23. The quantitative estimate of drug-likeness (QED) is 0.530. The van der Waals surface area contributed by atoms with Crippen molar-refractivity contribution < 1.29 is 9.53 Å². The minimum atomic E-state index is -0.551. The third kappa shape index (κ3) is 3.23. The smallest absolute Gasteiger partial charge is 0.360 e. The summed E-state index contributed by atoms with van der Waals surface area (Å²) in [4.78, 5) is 16.5. The third-order valence-electron chi connectivity index (χ3n) is 3.52. The molecule has 124 valence electrons. The number of fused-ring (bicyclic) bond motifs is 1. The zero-order valence-corrected chi connectivity index (χ0v) is 13.8. The van der Waals surface area contributed by atoms with Crippen molar-refractivity contribution in [2.45, 2.75) is 13.8 Å². The molecule has 2 heterocycles. The number of ether oxygens (including phenoxy) is 1. The van der Waals surface area contributed by atoms with E-state index < -0.39 is 5.97 Å². The summed E-state index contributed by atoms with van der Waals surface area (Å²) >= 11 is 0. The number of esters is 1. The van der Waals surface area contributed by atoms with Gasteiger partial charge in [0, 0.05) is 5.69 Å². The molecule has 0 atom stereocenters. The highest BCUT2D eigenvalue weighted by Crippen LogP contribution is 2.26. The molecule has 0 fully saturated rings. The van der Waals surface area contributed by atoms with Crippen molar-refractivity contribution in [3.8, 4) is 6.07 Å². The molecular weight excluding hydrogens is 318 g/mol. The highest BCUT2D eigenvalue weighted by Gasteiger charge is 2.21. The second kappa shape index (κ2) is 6.93. The number of benzene rings is 1. The molecular formula is C18H15N5O2. The monoisotopic (exact) mass is 333 g/mol. The van der Waals surface area contributed by atoms with Gasteiger partial charge in [0.15, 0.2) is 11.5 Å². The molecule has 0 unspecified atom stereocenters. The van der Waals surface area contributed by atoms with Crippen molar-refractivity contribution in [2.24, 2.45) is 10.2 Å². The van der Waals surface area contributed by atoms with Crippen LogP contribution in [0.4, 0.5) is 11.5 Å². The number of carbonyl (C=O) groups is 1. The Morgan fingerprint density at radius 1 is 1.28 bits per heavy atom. The number of hydrogen-bond donors (Lipinski definition) is 0. The first-order valence-corrected chi connectivity index (χ1v) is 7.71. The lowest BCUT2D eigenvalue weighted by Gasteiger charge is -2.02. The average Bonchev–Trinajstić information content (AvgIpc) is 3.00. The van der Waals surface area contributed by atoms with Gasteiger partial charge in [-0.25, -0.2) is 9.78 Å². The highest BCUT2D eigenvalue weighted by molar-refractivity contribution is 5.93. The summed E-state index contributed by atoms with van der Waals surface area (Å²) in [5, 5.41) is 17.3. The number of rotatable bonds is 4. The van der Waals surface area contributed by atoms with Gasteiger partial charge in [-0.05, 0) is 44.2 Å². The number of azo groups is 1. The average molecular weight is 333 g/mol. The van der Waals surface area contributed by atoms with Crippen LogP contribution in [0.1, 0.15) is 28.7 Å². The molecule has 0 N–H and O–H groups in total. The normalized spacial score (nSPS) is 10.9. The Morgan fingerprint density at radius 2 is 2.08 bits per heavy atom. The van der Waals surface area contributed by atoms with Gasteiger partial charge in [-0.3, -0.25) is 4.40 Å². The van der Waals surface area contributed by atoms with E-state index in [-0.39, 0.29) is 12.3 Å². The third-order valence-corrected chi connectivity index (χ3v) is 3.52. The van der Waals surface area contributed by atoms with Crippen molar-refractivity contribution >= 4 is 23.1 Å². The van der Waals surface area contributed by atoms with Gasteiger partial charge in [0.1, 0.15) is 5.65 Å². The molecule has 0 radical (unpaired) electrons. The van der Waals surface area contributed by atoms with Crippen LogP contribution in [-0.2, 0) is 4.74 Å². The predicted octanol–water partition coefficient (Wildman–Crippen LogP) is 4.11. The SMILES string of the molecule is CCOC(=O)c1nc2cccc(C)n2c1N=Nc1cccc(C#N)c1. The molecule has 0 saturated heterocycles. The van der Waals surface area contributed by atoms with Gasteiger partial charge >= 0.3 is 5.97 Å². The minimum Gasteiger partial charge on any atom is -0.461 e. The molecule has 0 aliphatic rings. The van der Waals surface area contributed by atoms with Crippen molar-refractivity contribution in [3.63, 3.8) is 0 Å². The van der Waals surface area contributed by atoms with Gasteiger partial charge in [0.2, 0.25) is 0 Å². The molecule has 0 amide bonds. The molecule has 0 spiro atoms. The van der Waals surface area contributed by atoms with E-state index in [9.17, 15) is 4.79 Å². The Balaban J connectivity index is 2.12. The van der Waals surface area contributed by atoms with Crippen LogP contribution in [-0.4, -0.2) is 22.0 Å². The van der Waals surface area contributed by atoms with Crippen LogP contribution >= 0.6 is 0 Å². The molecule has 7 nitrogen and oxygen atoms in total. The van der Waals surface area contributed by atoms with Gasteiger partial charge < -0.3 is 4.74 Å². The summed E-state index contributed by atoms with van der Waals surface area (Å²) < 4.78 is 6.81. The Hall–Kier alpha value is -3.53. The summed E-state index contributed by atoms with van der Waals surface area (Å²) in [6.07, 6.45) is 0. The zero-order valence-electron chi connectivity index (χ0n) is 13.8. The lowest BCUT2D eigenvalue weighted by atomic mass is 10.2. The number of imidazole rings is 1. The zero-order chi connectivity index (χ0) is 17.8. The Morgan fingerprint density at radius 3 is 2.84 bits per heavy atom. The van der Waals surface area contributed by atoms with Crippen LogP contribution in [0.25, 0.3) is 5.65 Å². The summed E-state index contributed by atoms with van der Waals surface area (Å²) in [5.74, 6) is -0.251. The van der Waals surface area contributed by atoms with Crippen molar-refractivity contribution in [2.75, 3.05) is 6.61 Å². The van der Waals surface area contributed by atoms with Gasteiger partial charge in [-0.15, -0.1) is 10.2 Å². The maximum Gasteiger partial charge on any atom is 0.360 e. The molecule has 7 heteroatoms. The van der Waals surface area contributed by atoms with E-state index in [0.717, 1.165) is 5.69 Å². The van der Waals surface area contributed by atoms with Crippen LogP contribution < -0.4 is 0 Å². The van der Waals surface area contributed by atoms with E-state index in [1.165, 1.54) is 0 Å². The predicted molar refractivity (Wildman–Crippen MR) is 91.2 cm³/mol. The molecule has 0 aliphatic heterocycles. The number of nitriles is 1. The van der Waals surface area contributed by atoms with Crippen LogP contribution in [0.15, 0.2) is 52.7 Å². The first kappa shape index (κ1) is 16.3. The molecule has 2 aromatic heterocycles. The summed E-state index contributed by atoms with van der Waals surface area (Å²) in [5.41, 5.74) is 2.55. The molecule has 0 bridgehead atoms. The largest absolute Gasteiger partial charge is 0.461 e. The first-order chi connectivity index (χ1) is 12.1. The maximum absolute atomic E-state index is 12.2. The van der Waals surface area contributed by atoms with E-state index in [4.69, 9.17) is 10.00 Å². The van der Waals surface area contributed by atoms with Gasteiger partial charge in [-0.1, -0.05) is 12.1 Å². The van der Waals surface area contributed by atoms with Gasteiger partial charge in [0.25, 0.3) is 0 Å². The van der Waals surface area contributed by atoms with E-state index in [0.29, 0.717) is 22.7 Å². The molecule has 3 rings (SSSR count). The van der Waals surface area contributed by atoms with E-state index in [1.54, 1.807) is 41.7 Å². The van der Waals surface area contributed by atoms with Crippen LogP contribution in [0.5, 0.6) is 0 Å². The van der Waals surface area contributed by atoms with E-state index >= 15 is 0 Å². The highest BCUT2D eigenvalue weighted by atomic mass is 16.5. The van der Waals surface area contributed by atoms with Crippen LogP contribution in [0, 0.1) is 18.3 Å². The standard InChI is InChI=1S/C18H15N5O2/c1-3-25-18(24)16-17(23-12(2)6-4-9-15(23)20-16)22-21-14-8-5-7-13(10-14)11-19/h4-10H,3H2,1-2H3. The van der Waals surface area contributed by atoms with Crippen LogP contribution in [0.3, 0.4) is 0 Å². The maximum atomic E-state index is 12.2. The first-order valence-electron chi connectivity index (χ1n) is 7.71. The fourth-order valence-corrected chi connectivity index (χ4v) is 2.41. The van der Waals surface area contributed by atoms with Gasteiger partial charge in [-0.2, -0.15) is 5.26 Å². The molecule has 0 saturated carbocycles. The number of hydrogen-bond acceptors (Lipinski definition) is 6. The second-order valence-electron chi connectivity index (χ2n) is 5.23. The van der Waals surface area contributed by atoms with Crippen molar-refractivity contribution in [3.05, 3.63) is 59.4 Å². The van der Waals surface area contributed by atoms with Crippen molar-refractivity contribution in [1.82, 2.24) is 9.38 Å². The number of aryl methyl sites for hydroxylation is 1. The number of pyridine rings is 1. The Labute approximate surface area is 144 Å². The lowest BCUT2D eigenvalue weighted by molar-refractivity contribution is 0.0521. The topological polar surface area (TPSA) is 92.1 Å². The van der Waals surface area contributed by atoms with Crippen molar-refractivity contribution in [1.29, 1.82) is 5.26 Å². The fourth-order valence-electron chi connectivity index (χ4n) is 2.41. The molecule has 0 aliphatic carbocycles. The lowest BCUT2D eigenvalue weighted by Crippen LogP contribution is -2.05. The molecule has 25 heavy (non-hydrogen) atoms. The fraction of sp³-hybridized carbons (Fsp3) is 0.167. The molecule has 1 aromatic carbocycles. The van der Waals surface area contributed by atoms with Crippen LogP contribution in [0.2, 0.25) is 0 Å². The van der Waals surface area contributed by atoms with E-state index in [1.807, 2.05) is 19.1 Å². The van der Waals surface area contributed by atoms with Gasteiger partial charge in [0.05, 0.1) is 23.9 Å². The number of carbonyl (C=O) groups excluding carboxylic acids is 1. The Kier molecular flexibility index (Phi) is 4.53. The summed E-state index contributed by atoms with van der Waals surface area (Å²) in [6, 6.07) is 14.3. The Bertz CT molecular complexity index is 1010. The number of nitrogens with zero attached hydrogens (tertiary/aromatic N) is 5. The number of aromatic nitrogens is 2. The minimum absolute atomic E-state index is 0.108.